The number of nitrogens with one attached hydrogen (secondary N) is 1. The van der Waals surface area contributed by atoms with Crippen molar-refractivity contribution in [3.8, 4) is 0 Å². The molecule has 144 valence electrons. The molecule has 0 aliphatic rings. The summed E-state index contributed by atoms with van der Waals surface area (Å²) in [6.45, 7) is 1.68. The second kappa shape index (κ2) is 6.80. The molecule has 0 saturated heterocycles. The third-order valence-corrected chi connectivity index (χ3v) is 5.55. The molecule has 2 aromatic carbocycles. The highest BCUT2D eigenvalue weighted by Crippen LogP contribution is 2.22. The number of hydrogen-bond donors (Lipinski definition) is 1. The molecular weight excluding hydrogens is 408 g/mol. The van der Waals surface area contributed by atoms with Crippen molar-refractivity contribution >= 4 is 38.4 Å². The van der Waals surface area contributed by atoms with E-state index in [-0.39, 0.29) is 17.0 Å². The lowest BCUT2D eigenvalue weighted by Gasteiger charge is -2.08. The molecule has 0 spiro atoms. The van der Waals surface area contributed by atoms with E-state index in [0.29, 0.717) is 27.9 Å². The van der Waals surface area contributed by atoms with E-state index in [0.717, 1.165) is 0 Å². The highest BCUT2D eigenvalue weighted by molar-refractivity contribution is 7.92. The van der Waals surface area contributed by atoms with Crippen LogP contribution in [0.25, 0.3) is 11.1 Å². The van der Waals surface area contributed by atoms with E-state index in [2.05, 4.69) is 14.9 Å². The summed E-state index contributed by atoms with van der Waals surface area (Å²) < 4.78 is 39.0. The zero-order valence-electron chi connectivity index (χ0n) is 14.4. The highest BCUT2D eigenvalue weighted by Gasteiger charge is 2.19. The molecule has 0 aliphatic heterocycles. The third kappa shape index (κ3) is 3.51. The van der Waals surface area contributed by atoms with Gasteiger partial charge in [-0.1, -0.05) is 16.8 Å². The summed E-state index contributed by atoms with van der Waals surface area (Å²) >= 11 is 5.81. The zero-order chi connectivity index (χ0) is 19.9. The first-order valence-electron chi connectivity index (χ1n) is 8.03. The van der Waals surface area contributed by atoms with Crippen LogP contribution in [0.2, 0.25) is 5.02 Å². The number of sulfonamides is 1. The van der Waals surface area contributed by atoms with Crippen molar-refractivity contribution in [3.63, 3.8) is 0 Å². The summed E-state index contributed by atoms with van der Waals surface area (Å²) in [5.41, 5.74) is 0.901. The topological polar surface area (TPSA) is 120 Å². The minimum Gasteiger partial charge on any atom is -0.408 e. The largest absolute Gasteiger partial charge is 0.420 e. The standard InChI is InChI=1S/C17H13ClN4O5S/c1-10-19-16(20-27-10)9-22-14-7-6-13(8-15(14)26-17(22)23)28(24,25)21-12-4-2-11(18)3-5-12/h2-8,21H,9H2,1H3. The van der Waals surface area contributed by atoms with Crippen LogP contribution in [-0.2, 0) is 16.6 Å². The smallest absolute Gasteiger partial charge is 0.408 e. The van der Waals surface area contributed by atoms with E-state index in [4.69, 9.17) is 20.5 Å². The molecule has 2 heterocycles. The van der Waals surface area contributed by atoms with Crippen LogP contribution in [0.15, 0.2) is 61.1 Å². The molecule has 1 N–H and O–H groups in total. The fourth-order valence-electron chi connectivity index (χ4n) is 2.64. The number of fused-ring (bicyclic) bond motifs is 1. The molecule has 4 aromatic rings. The predicted octanol–water partition coefficient (Wildman–Crippen LogP) is 2.79. The van der Waals surface area contributed by atoms with E-state index in [1.165, 1.54) is 22.8 Å². The molecule has 0 fully saturated rings. The van der Waals surface area contributed by atoms with Crippen LogP contribution >= 0.6 is 11.6 Å². The van der Waals surface area contributed by atoms with Crippen molar-refractivity contribution in [3.05, 3.63) is 69.8 Å². The molecule has 0 amide bonds. The summed E-state index contributed by atoms with van der Waals surface area (Å²) in [6.07, 6.45) is 0. The second-order valence-electron chi connectivity index (χ2n) is 5.93. The van der Waals surface area contributed by atoms with Gasteiger partial charge in [-0.25, -0.2) is 13.2 Å². The van der Waals surface area contributed by atoms with Crippen molar-refractivity contribution in [1.82, 2.24) is 14.7 Å². The maximum absolute atomic E-state index is 12.6. The number of nitrogens with zero attached hydrogens (tertiary/aromatic N) is 3. The lowest BCUT2D eigenvalue weighted by atomic mass is 10.3. The van der Waals surface area contributed by atoms with Crippen molar-refractivity contribution in [2.45, 2.75) is 18.4 Å². The van der Waals surface area contributed by atoms with Gasteiger partial charge in [-0.15, -0.1) is 0 Å². The number of oxazole rings is 1. The van der Waals surface area contributed by atoms with E-state index in [1.807, 2.05) is 0 Å². The fourth-order valence-corrected chi connectivity index (χ4v) is 3.84. The number of halogens is 1. The third-order valence-electron chi connectivity index (χ3n) is 3.92. The van der Waals surface area contributed by atoms with Gasteiger partial charge in [-0.05, 0) is 36.4 Å². The first-order chi connectivity index (χ1) is 13.3. The maximum Gasteiger partial charge on any atom is 0.420 e. The number of hydrogen-bond acceptors (Lipinski definition) is 7. The van der Waals surface area contributed by atoms with Gasteiger partial charge >= 0.3 is 5.76 Å². The predicted molar refractivity (Wildman–Crippen MR) is 101 cm³/mol. The van der Waals surface area contributed by atoms with Crippen molar-refractivity contribution in [2.24, 2.45) is 0 Å². The second-order valence-corrected chi connectivity index (χ2v) is 8.04. The molecule has 0 radical (unpaired) electrons. The first kappa shape index (κ1) is 18.3. The Morgan fingerprint density at radius 2 is 1.93 bits per heavy atom. The van der Waals surface area contributed by atoms with Gasteiger partial charge in [0.2, 0.25) is 5.89 Å². The Balaban J connectivity index is 1.68. The summed E-state index contributed by atoms with van der Waals surface area (Å²) in [6, 6.07) is 10.4. The van der Waals surface area contributed by atoms with E-state index in [9.17, 15) is 13.2 Å². The van der Waals surface area contributed by atoms with Crippen LogP contribution in [0.5, 0.6) is 0 Å². The SMILES string of the molecule is Cc1nc(Cn2c(=O)oc3cc(S(=O)(=O)Nc4ccc(Cl)cc4)ccc32)no1. The summed E-state index contributed by atoms with van der Waals surface area (Å²) in [5.74, 6) is 0.0265. The van der Waals surface area contributed by atoms with E-state index in [1.54, 1.807) is 31.2 Å². The number of benzene rings is 2. The molecule has 0 bridgehead atoms. The molecule has 11 heteroatoms. The molecule has 0 aliphatic carbocycles. The number of aryl methyl sites for hydroxylation is 1. The number of aromatic nitrogens is 3. The molecule has 2 aromatic heterocycles. The molecule has 28 heavy (non-hydrogen) atoms. The Hall–Kier alpha value is -3.11. The first-order valence-corrected chi connectivity index (χ1v) is 9.89. The van der Waals surface area contributed by atoms with Gasteiger partial charge in [0.1, 0.15) is 0 Å². The Labute approximate surface area is 163 Å². The van der Waals surface area contributed by atoms with Gasteiger partial charge in [0.15, 0.2) is 11.4 Å². The van der Waals surface area contributed by atoms with Gasteiger partial charge in [0, 0.05) is 23.7 Å². The average Bonchev–Trinajstić information content (AvgIpc) is 3.19. The van der Waals surface area contributed by atoms with Crippen LogP contribution in [0, 0.1) is 6.92 Å². The quantitative estimate of drug-likeness (QED) is 0.527. The van der Waals surface area contributed by atoms with Crippen LogP contribution in [0.3, 0.4) is 0 Å². The minimum atomic E-state index is -3.88. The van der Waals surface area contributed by atoms with Gasteiger partial charge < -0.3 is 8.94 Å². The van der Waals surface area contributed by atoms with Gasteiger partial charge in [0.05, 0.1) is 17.0 Å². The van der Waals surface area contributed by atoms with E-state index >= 15 is 0 Å². The summed E-state index contributed by atoms with van der Waals surface area (Å²) in [7, 11) is -3.88. The Morgan fingerprint density at radius 3 is 2.61 bits per heavy atom. The normalized spacial score (nSPS) is 11.8. The molecular formula is C17H13ClN4O5S. The lowest BCUT2D eigenvalue weighted by Crippen LogP contribution is -2.15. The molecule has 0 atom stereocenters. The summed E-state index contributed by atoms with van der Waals surface area (Å²) in [5, 5.41) is 4.24. The molecule has 0 unspecified atom stereocenters. The average molecular weight is 421 g/mol. The van der Waals surface area contributed by atoms with Crippen molar-refractivity contribution < 1.29 is 17.4 Å². The Bertz CT molecular complexity index is 1320. The monoisotopic (exact) mass is 420 g/mol. The maximum atomic E-state index is 12.6. The van der Waals surface area contributed by atoms with Gasteiger partial charge in [-0.2, -0.15) is 4.98 Å². The van der Waals surface area contributed by atoms with Crippen LogP contribution in [-0.4, -0.2) is 23.1 Å². The summed E-state index contributed by atoms with van der Waals surface area (Å²) in [4.78, 5) is 16.2. The van der Waals surface area contributed by atoms with Gasteiger partial charge in [0.25, 0.3) is 10.0 Å². The fraction of sp³-hybridized carbons (Fsp3) is 0.118. The number of anilines is 1. The van der Waals surface area contributed by atoms with Crippen molar-refractivity contribution in [1.29, 1.82) is 0 Å². The van der Waals surface area contributed by atoms with E-state index < -0.39 is 15.8 Å². The van der Waals surface area contributed by atoms with Crippen molar-refractivity contribution in [2.75, 3.05) is 4.72 Å². The molecule has 0 saturated carbocycles. The Morgan fingerprint density at radius 1 is 1.18 bits per heavy atom. The Kier molecular flexibility index (Phi) is 4.44. The van der Waals surface area contributed by atoms with Crippen LogP contribution < -0.4 is 10.5 Å². The lowest BCUT2D eigenvalue weighted by molar-refractivity contribution is 0.385. The highest BCUT2D eigenvalue weighted by atomic mass is 35.5. The number of rotatable bonds is 5. The van der Waals surface area contributed by atoms with Gasteiger partial charge in [-0.3, -0.25) is 9.29 Å². The molecule has 4 rings (SSSR count). The van der Waals surface area contributed by atoms with Crippen LogP contribution in [0.1, 0.15) is 11.7 Å². The zero-order valence-corrected chi connectivity index (χ0v) is 16.0. The van der Waals surface area contributed by atoms with Crippen LogP contribution in [0.4, 0.5) is 5.69 Å². The minimum absolute atomic E-state index is 0.0400. The molecule has 9 nitrogen and oxygen atoms in total.